The predicted octanol–water partition coefficient (Wildman–Crippen LogP) is 1.96. The molecule has 1 aromatic carbocycles. The van der Waals surface area contributed by atoms with Crippen molar-refractivity contribution in [3.63, 3.8) is 0 Å². The van der Waals surface area contributed by atoms with Crippen LogP contribution in [0.15, 0.2) is 24.4 Å². The average Bonchev–Trinajstić information content (AvgIpc) is 2.36. The highest BCUT2D eigenvalue weighted by molar-refractivity contribution is 6.00. The summed E-state index contributed by atoms with van der Waals surface area (Å²) in [7, 11) is 1.33. The fourth-order valence-corrected chi connectivity index (χ4v) is 1.65. The van der Waals surface area contributed by atoms with Gasteiger partial charge in [-0.3, -0.25) is 19.9 Å². The number of hydrogen-bond donors (Lipinski definition) is 0. The molecule has 0 saturated carbocycles. The summed E-state index contributed by atoms with van der Waals surface area (Å²) in [6.45, 7) is 0. The van der Waals surface area contributed by atoms with Crippen LogP contribution >= 0.6 is 0 Å². The maximum absolute atomic E-state index is 10.8. The van der Waals surface area contributed by atoms with Crippen molar-refractivity contribution >= 4 is 22.9 Å². The van der Waals surface area contributed by atoms with Crippen LogP contribution in [-0.2, 0) is 0 Å². The average molecular weight is 232 g/mol. The summed E-state index contributed by atoms with van der Waals surface area (Å²) < 4.78 is 5.00. The highest BCUT2D eigenvalue weighted by atomic mass is 16.6. The molecule has 0 aliphatic heterocycles. The summed E-state index contributed by atoms with van der Waals surface area (Å²) in [5.74, 6) is 0.0659. The molecule has 6 heteroatoms. The molecule has 1 heterocycles. The van der Waals surface area contributed by atoms with Gasteiger partial charge in [-0.25, -0.2) is 0 Å². The summed E-state index contributed by atoms with van der Waals surface area (Å²) in [6.07, 6.45) is 2.09. The van der Waals surface area contributed by atoms with Crippen molar-refractivity contribution in [3.05, 3.63) is 40.1 Å². The van der Waals surface area contributed by atoms with E-state index in [1.54, 1.807) is 6.07 Å². The van der Waals surface area contributed by atoms with E-state index in [4.69, 9.17) is 4.74 Å². The SMILES string of the molecule is COc1c([N+](=O)[O-])ccc2c(C=O)ccnc12. The molecule has 0 amide bonds. The van der Waals surface area contributed by atoms with E-state index in [2.05, 4.69) is 4.98 Å². The number of carbonyl (C=O) groups is 1. The van der Waals surface area contributed by atoms with Crippen LogP contribution in [0.3, 0.4) is 0 Å². The van der Waals surface area contributed by atoms with Crippen molar-refractivity contribution in [3.8, 4) is 5.75 Å². The monoisotopic (exact) mass is 232 g/mol. The molecular weight excluding hydrogens is 224 g/mol. The molecule has 0 aliphatic carbocycles. The van der Waals surface area contributed by atoms with Gasteiger partial charge < -0.3 is 4.74 Å². The number of fused-ring (bicyclic) bond motifs is 1. The first kappa shape index (κ1) is 11.0. The van der Waals surface area contributed by atoms with Crippen molar-refractivity contribution in [1.29, 1.82) is 0 Å². The van der Waals surface area contributed by atoms with E-state index in [1.165, 1.54) is 25.4 Å². The van der Waals surface area contributed by atoms with Crippen LogP contribution in [0.1, 0.15) is 10.4 Å². The van der Waals surface area contributed by atoms with Gasteiger partial charge >= 0.3 is 5.69 Å². The number of aromatic nitrogens is 1. The number of hydrogen-bond acceptors (Lipinski definition) is 5. The van der Waals surface area contributed by atoms with Crippen molar-refractivity contribution in [2.24, 2.45) is 0 Å². The van der Waals surface area contributed by atoms with Crippen LogP contribution in [0.5, 0.6) is 5.75 Å². The van der Waals surface area contributed by atoms with E-state index >= 15 is 0 Å². The third kappa shape index (κ3) is 1.69. The molecule has 0 fully saturated rings. The standard InChI is InChI=1S/C11H8N2O4/c1-17-11-9(13(15)16)3-2-8-7(6-14)4-5-12-10(8)11/h2-6H,1H3. The summed E-state index contributed by atoms with van der Waals surface area (Å²) in [4.78, 5) is 25.1. The van der Waals surface area contributed by atoms with Gasteiger partial charge in [-0.1, -0.05) is 0 Å². The van der Waals surface area contributed by atoms with Crippen molar-refractivity contribution in [2.45, 2.75) is 0 Å². The van der Waals surface area contributed by atoms with E-state index < -0.39 is 4.92 Å². The Hall–Kier alpha value is -2.50. The van der Waals surface area contributed by atoms with Crippen molar-refractivity contribution < 1.29 is 14.5 Å². The van der Waals surface area contributed by atoms with Gasteiger partial charge in [0, 0.05) is 23.2 Å². The molecule has 1 aromatic heterocycles. The first-order chi connectivity index (χ1) is 8.19. The van der Waals surface area contributed by atoms with E-state index in [0.29, 0.717) is 22.8 Å². The van der Waals surface area contributed by atoms with Crippen LogP contribution in [-0.4, -0.2) is 23.3 Å². The van der Waals surface area contributed by atoms with E-state index in [1.807, 2.05) is 0 Å². The van der Waals surface area contributed by atoms with Gasteiger partial charge in [0.1, 0.15) is 5.52 Å². The molecule has 0 spiro atoms. The first-order valence-electron chi connectivity index (χ1n) is 4.74. The third-order valence-electron chi connectivity index (χ3n) is 2.41. The Balaban J connectivity index is 2.87. The van der Waals surface area contributed by atoms with Gasteiger partial charge in [0.25, 0.3) is 0 Å². The maximum atomic E-state index is 10.8. The number of nitro benzene ring substituents is 1. The first-order valence-corrected chi connectivity index (χ1v) is 4.74. The van der Waals surface area contributed by atoms with Gasteiger partial charge in [0.2, 0.25) is 5.75 Å². The van der Waals surface area contributed by atoms with Crippen LogP contribution < -0.4 is 4.74 Å². The van der Waals surface area contributed by atoms with E-state index in [9.17, 15) is 14.9 Å². The number of ether oxygens (including phenoxy) is 1. The number of benzene rings is 1. The number of nitrogens with zero attached hydrogens (tertiary/aromatic N) is 2. The minimum Gasteiger partial charge on any atom is -0.489 e. The molecule has 0 N–H and O–H groups in total. The molecule has 17 heavy (non-hydrogen) atoms. The summed E-state index contributed by atoms with van der Waals surface area (Å²) >= 11 is 0. The minimum absolute atomic E-state index is 0.0659. The molecule has 0 saturated heterocycles. The Bertz CT molecular complexity index is 610. The van der Waals surface area contributed by atoms with Crippen LogP contribution in [0.2, 0.25) is 0 Å². The number of pyridine rings is 1. The van der Waals surface area contributed by atoms with Crippen LogP contribution in [0.25, 0.3) is 10.9 Å². The van der Waals surface area contributed by atoms with Crippen molar-refractivity contribution in [1.82, 2.24) is 4.98 Å². The molecule has 86 valence electrons. The quantitative estimate of drug-likeness (QED) is 0.459. The molecule has 0 unspecified atom stereocenters. The minimum atomic E-state index is -0.548. The molecule has 2 aromatic rings. The summed E-state index contributed by atoms with van der Waals surface area (Å²) in [6, 6.07) is 4.34. The fourth-order valence-electron chi connectivity index (χ4n) is 1.65. The Morgan fingerprint density at radius 2 is 2.18 bits per heavy atom. The molecule has 0 radical (unpaired) electrons. The fraction of sp³-hybridized carbons (Fsp3) is 0.0909. The van der Waals surface area contributed by atoms with Gasteiger partial charge in [-0.2, -0.15) is 0 Å². The number of aldehydes is 1. The zero-order valence-corrected chi connectivity index (χ0v) is 8.91. The lowest BCUT2D eigenvalue weighted by Gasteiger charge is -2.06. The second kappa shape index (κ2) is 4.17. The van der Waals surface area contributed by atoms with Gasteiger partial charge in [0.15, 0.2) is 6.29 Å². The molecule has 0 aliphatic rings. The van der Waals surface area contributed by atoms with Gasteiger partial charge in [-0.15, -0.1) is 0 Å². The summed E-state index contributed by atoms with van der Waals surface area (Å²) in [5.41, 5.74) is 0.560. The predicted molar refractivity (Wildman–Crippen MR) is 60.3 cm³/mol. The third-order valence-corrected chi connectivity index (χ3v) is 2.41. The molecule has 0 bridgehead atoms. The topological polar surface area (TPSA) is 82.3 Å². The lowest BCUT2D eigenvalue weighted by Crippen LogP contribution is -1.97. The number of methoxy groups -OCH3 is 1. The molecule has 0 atom stereocenters. The highest BCUT2D eigenvalue weighted by Gasteiger charge is 2.19. The Morgan fingerprint density at radius 1 is 1.41 bits per heavy atom. The van der Waals surface area contributed by atoms with Crippen LogP contribution in [0, 0.1) is 10.1 Å². The highest BCUT2D eigenvalue weighted by Crippen LogP contribution is 2.34. The Morgan fingerprint density at radius 3 is 2.76 bits per heavy atom. The zero-order valence-electron chi connectivity index (χ0n) is 8.91. The van der Waals surface area contributed by atoms with Crippen molar-refractivity contribution in [2.75, 3.05) is 7.11 Å². The molecule has 2 rings (SSSR count). The van der Waals surface area contributed by atoms with E-state index in [0.717, 1.165) is 0 Å². The maximum Gasteiger partial charge on any atom is 0.313 e. The van der Waals surface area contributed by atoms with Gasteiger partial charge in [0.05, 0.1) is 12.0 Å². The lowest BCUT2D eigenvalue weighted by atomic mass is 10.1. The lowest BCUT2D eigenvalue weighted by molar-refractivity contribution is -0.385. The zero-order chi connectivity index (χ0) is 12.4. The normalized spacial score (nSPS) is 10.2. The second-order valence-corrected chi connectivity index (χ2v) is 3.29. The number of nitro groups is 1. The van der Waals surface area contributed by atoms with Crippen LogP contribution in [0.4, 0.5) is 5.69 Å². The largest absolute Gasteiger partial charge is 0.489 e. The Kier molecular flexibility index (Phi) is 2.70. The summed E-state index contributed by atoms with van der Waals surface area (Å²) in [5, 5.41) is 11.3. The molecular formula is C11H8N2O4. The smallest absolute Gasteiger partial charge is 0.313 e. The second-order valence-electron chi connectivity index (χ2n) is 3.29. The van der Waals surface area contributed by atoms with E-state index in [-0.39, 0.29) is 11.4 Å². The van der Waals surface area contributed by atoms with Gasteiger partial charge in [-0.05, 0) is 12.1 Å². The number of carbonyl (C=O) groups excluding carboxylic acids is 1. The number of rotatable bonds is 3. The molecule has 6 nitrogen and oxygen atoms in total. The Labute approximate surface area is 96.0 Å².